The third-order valence-electron chi connectivity index (χ3n) is 5.49. The second kappa shape index (κ2) is 8.73. The van der Waals surface area contributed by atoms with Crippen LogP contribution in [-0.2, 0) is 25.7 Å². The average molecular weight is 424 g/mol. The number of urea groups is 1. The van der Waals surface area contributed by atoms with Crippen LogP contribution in [-0.4, -0.2) is 59.0 Å². The Morgan fingerprint density at radius 3 is 2.84 bits per heavy atom. The summed E-state index contributed by atoms with van der Waals surface area (Å²) in [7, 11) is 0. The van der Waals surface area contributed by atoms with Gasteiger partial charge in [-0.05, 0) is 31.9 Å². The summed E-state index contributed by atoms with van der Waals surface area (Å²) >= 11 is 0. The second-order valence-corrected chi connectivity index (χ2v) is 7.54. The van der Waals surface area contributed by atoms with E-state index in [1.54, 1.807) is 17.7 Å². The highest BCUT2D eigenvalue weighted by Gasteiger charge is 2.34. The Morgan fingerprint density at radius 2 is 2.10 bits per heavy atom. The predicted molar refractivity (Wildman–Crippen MR) is 113 cm³/mol. The molecule has 1 aromatic heterocycles. The summed E-state index contributed by atoms with van der Waals surface area (Å²) in [5.41, 5.74) is 1.30. The standard InChI is InChI=1S/C22H24N4O5/c1-2-26-21(29)17(20(28)24-22(26)30)10-14-12-25(18-8-4-3-7-16(14)18)13-19(27)23-11-15-6-5-9-31-15/h3-4,7-8,10,12,15H,2,5-6,9,11,13H2,1H3,(H,23,27)(H,24,28,30)/b17-10+/t15-/m0/s1. The molecule has 4 rings (SSSR count). The lowest BCUT2D eigenvalue weighted by Crippen LogP contribution is -2.53. The Bertz CT molecular complexity index is 1080. The summed E-state index contributed by atoms with van der Waals surface area (Å²) < 4.78 is 7.31. The smallest absolute Gasteiger partial charge is 0.331 e. The number of para-hydroxylation sites is 1. The van der Waals surface area contributed by atoms with Crippen LogP contribution >= 0.6 is 0 Å². The van der Waals surface area contributed by atoms with Gasteiger partial charge in [-0.1, -0.05) is 18.2 Å². The van der Waals surface area contributed by atoms with Gasteiger partial charge in [-0.15, -0.1) is 0 Å². The summed E-state index contributed by atoms with van der Waals surface area (Å²) in [6.45, 7) is 3.11. The Morgan fingerprint density at radius 1 is 1.29 bits per heavy atom. The largest absolute Gasteiger partial charge is 0.376 e. The highest BCUT2D eigenvalue weighted by atomic mass is 16.5. The molecule has 2 aliphatic rings. The molecule has 0 aliphatic carbocycles. The molecule has 1 aromatic carbocycles. The summed E-state index contributed by atoms with van der Waals surface area (Å²) in [5.74, 6) is -1.52. The molecule has 9 heteroatoms. The molecule has 1 atom stereocenters. The summed E-state index contributed by atoms with van der Waals surface area (Å²) in [6.07, 6.45) is 5.21. The van der Waals surface area contributed by atoms with E-state index in [-0.39, 0.29) is 30.7 Å². The van der Waals surface area contributed by atoms with Crippen molar-refractivity contribution in [3.8, 4) is 0 Å². The highest BCUT2D eigenvalue weighted by Crippen LogP contribution is 2.25. The first-order chi connectivity index (χ1) is 15.0. The quantitative estimate of drug-likeness (QED) is 0.538. The van der Waals surface area contributed by atoms with E-state index in [4.69, 9.17) is 4.74 Å². The summed E-state index contributed by atoms with van der Waals surface area (Å²) in [5, 5.41) is 5.88. The Labute approximate surface area is 179 Å². The molecule has 2 aliphatic heterocycles. The van der Waals surface area contributed by atoms with Crippen LogP contribution in [0, 0.1) is 0 Å². The van der Waals surface area contributed by atoms with E-state index in [1.165, 1.54) is 6.08 Å². The van der Waals surface area contributed by atoms with Gasteiger partial charge in [0, 0.05) is 42.4 Å². The van der Waals surface area contributed by atoms with E-state index in [2.05, 4.69) is 10.6 Å². The number of imide groups is 2. The summed E-state index contributed by atoms with van der Waals surface area (Å²) in [4.78, 5) is 50.2. The number of hydrogen-bond acceptors (Lipinski definition) is 5. The van der Waals surface area contributed by atoms with E-state index in [0.717, 1.165) is 35.3 Å². The maximum absolute atomic E-state index is 12.6. The number of barbiturate groups is 1. The molecule has 5 amide bonds. The van der Waals surface area contributed by atoms with Crippen LogP contribution in [0.5, 0.6) is 0 Å². The minimum absolute atomic E-state index is 0.0608. The maximum atomic E-state index is 12.6. The third-order valence-corrected chi connectivity index (χ3v) is 5.49. The Kier molecular flexibility index (Phi) is 5.85. The monoisotopic (exact) mass is 424 g/mol. The fraction of sp³-hybridized carbons (Fsp3) is 0.364. The molecule has 9 nitrogen and oxygen atoms in total. The zero-order valence-corrected chi connectivity index (χ0v) is 17.2. The highest BCUT2D eigenvalue weighted by molar-refractivity contribution is 6.31. The van der Waals surface area contributed by atoms with Gasteiger partial charge in [0.25, 0.3) is 11.8 Å². The minimum atomic E-state index is -0.731. The number of rotatable bonds is 6. The SMILES string of the molecule is CCN1C(=O)NC(=O)/C(=C\c2cn(CC(=O)NC[C@@H]3CCCO3)c3ccccc23)C1=O. The number of carbonyl (C=O) groups excluding carboxylic acids is 4. The first-order valence-electron chi connectivity index (χ1n) is 10.3. The Balaban J connectivity index is 1.60. The van der Waals surface area contributed by atoms with Gasteiger partial charge in [0.2, 0.25) is 5.91 Å². The van der Waals surface area contributed by atoms with Crippen molar-refractivity contribution in [3.63, 3.8) is 0 Å². The van der Waals surface area contributed by atoms with Crippen molar-refractivity contribution in [2.75, 3.05) is 19.7 Å². The number of aromatic nitrogens is 1. The number of ether oxygens (including phenoxy) is 1. The van der Waals surface area contributed by atoms with Crippen LogP contribution in [0.15, 0.2) is 36.0 Å². The molecule has 0 bridgehead atoms. The first-order valence-corrected chi connectivity index (χ1v) is 10.3. The molecular formula is C22H24N4O5. The van der Waals surface area contributed by atoms with Crippen molar-refractivity contribution >= 4 is 40.7 Å². The molecule has 2 aromatic rings. The zero-order valence-electron chi connectivity index (χ0n) is 17.2. The topological polar surface area (TPSA) is 110 Å². The fourth-order valence-corrected chi connectivity index (χ4v) is 3.90. The molecular weight excluding hydrogens is 400 g/mol. The number of nitrogens with zero attached hydrogens (tertiary/aromatic N) is 2. The van der Waals surface area contributed by atoms with Crippen LogP contribution in [0.2, 0.25) is 0 Å². The molecule has 2 saturated heterocycles. The number of amides is 5. The normalized spacial score (nSPS) is 20.5. The zero-order chi connectivity index (χ0) is 22.0. The molecule has 0 unspecified atom stereocenters. The predicted octanol–water partition coefficient (Wildman–Crippen LogP) is 1.42. The van der Waals surface area contributed by atoms with E-state index >= 15 is 0 Å². The fourth-order valence-electron chi connectivity index (χ4n) is 3.90. The molecule has 0 saturated carbocycles. The molecule has 2 fully saturated rings. The molecule has 31 heavy (non-hydrogen) atoms. The minimum Gasteiger partial charge on any atom is -0.376 e. The van der Waals surface area contributed by atoms with Crippen molar-refractivity contribution in [2.45, 2.75) is 32.4 Å². The van der Waals surface area contributed by atoms with Gasteiger partial charge in [-0.25, -0.2) is 4.79 Å². The van der Waals surface area contributed by atoms with Gasteiger partial charge >= 0.3 is 6.03 Å². The van der Waals surface area contributed by atoms with E-state index in [0.29, 0.717) is 12.1 Å². The van der Waals surface area contributed by atoms with Gasteiger partial charge in [0.15, 0.2) is 0 Å². The van der Waals surface area contributed by atoms with Crippen molar-refractivity contribution in [1.29, 1.82) is 0 Å². The van der Waals surface area contributed by atoms with Crippen LogP contribution < -0.4 is 10.6 Å². The van der Waals surface area contributed by atoms with Gasteiger partial charge in [0.05, 0.1) is 6.10 Å². The van der Waals surface area contributed by atoms with E-state index in [9.17, 15) is 19.2 Å². The number of likely N-dealkylation sites (N-methyl/N-ethyl adjacent to an activating group) is 1. The van der Waals surface area contributed by atoms with Crippen LogP contribution in [0.4, 0.5) is 4.79 Å². The van der Waals surface area contributed by atoms with Crippen molar-refractivity contribution in [3.05, 3.63) is 41.6 Å². The number of benzene rings is 1. The second-order valence-electron chi connectivity index (χ2n) is 7.54. The lowest BCUT2D eigenvalue weighted by molar-refractivity contribution is -0.130. The van der Waals surface area contributed by atoms with Gasteiger partial charge in [0.1, 0.15) is 12.1 Å². The first kappa shape index (κ1) is 20.8. The number of hydrogen-bond donors (Lipinski definition) is 2. The van der Waals surface area contributed by atoms with Crippen LogP contribution in [0.25, 0.3) is 17.0 Å². The van der Waals surface area contributed by atoms with Gasteiger partial charge < -0.3 is 14.6 Å². The van der Waals surface area contributed by atoms with E-state index < -0.39 is 17.8 Å². The van der Waals surface area contributed by atoms with Gasteiger partial charge in [-0.3, -0.25) is 24.6 Å². The summed E-state index contributed by atoms with van der Waals surface area (Å²) in [6, 6.07) is 6.71. The van der Waals surface area contributed by atoms with Crippen molar-refractivity contribution in [1.82, 2.24) is 20.1 Å². The maximum Gasteiger partial charge on any atom is 0.331 e. The number of nitrogens with one attached hydrogen (secondary N) is 2. The molecule has 0 radical (unpaired) electrons. The van der Waals surface area contributed by atoms with Gasteiger partial charge in [-0.2, -0.15) is 0 Å². The molecule has 0 spiro atoms. The number of fused-ring (bicyclic) bond motifs is 1. The third kappa shape index (κ3) is 4.22. The van der Waals surface area contributed by atoms with Crippen LogP contribution in [0.3, 0.4) is 0 Å². The van der Waals surface area contributed by atoms with E-state index in [1.807, 2.05) is 24.3 Å². The number of carbonyl (C=O) groups is 4. The lowest BCUT2D eigenvalue weighted by Gasteiger charge is -2.24. The van der Waals surface area contributed by atoms with Crippen molar-refractivity contribution in [2.24, 2.45) is 0 Å². The lowest BCUT2D eigenvalue weighted by atomic mass is 10.1. The molecule has 3 heterocycles. The molecule has 162 valence electrons. The van der Waals surface area contributed by atoms with Crippen LogP contribution in [0.1, 0.15) is 25.3 Å². The molecule has 2 N–H and O–H groups in total. The average Bonchev–Trinajstić information content (AvgIpc) is 3.38. The van der Waals surface area contributed by atoms with Crippen molar-refractivity contribution < 1.29 is 23.9 Å². The Hall–Kier alpha value is -3.46.